The summed E-state index contributed by atoms with van der Waals surface area (Å²) in [5.74, 6) is -0.621. The van der Waals surface area contributed by atoms with Crippen molar-refractivity contribution in [1.29, 1.82) is 0 Å². The molecule has 2 rings (SSSR count). The van der Waals surface area contributed by atoms with Crippen molar-refractivity contribution < 1.29 is 9.59 Å². The van der Waals surface area contributed by atoms with Crippen LogP contribution in [0, 0.1) is 5.92 Å². The van der Waals surface area contributed by atoms with Crippen LogP contribution in [-0.2, 0) is 9.59 Å². The Morgan fingerprint density at radius 1 is 1.29 bits per heavy atom. The van der Waals surface area contributed by atoms with Gasteiger partial charge >= 0.3 is 0 Å². The first-order chi connectivity index (χ1) is 9.83. The molecule has 1 unspecified atom stereocenters. The van der Waals surface area contributed by atoms with Gasteiger partial charge in [-0.3, -0.25) is 14.5 Å². The number of rotatable bonds is 5. The predicted octanol–water partition coefficient (Wildman–Crippen LogP) is -0.264. The summed E-state index contributed by atoms with van der Waals surface area (Å²) in [5.41, 5.74) is 5.26. The second kappa shape index (κ2) is 6.32. The summed E-state index contributed by atoms with van der Waals surface area (Å²) in [5, 5.41) is 0. The molecule has 2 aliphatic heterocycles. The molecule has 2 amide bonds. The average molecular weight is 296 g/mol. The van der Waals surface area contributed by atoms with E-state index in [1.807, 2.05) is 4.90 Å². The number of hydrogen-bond acceptors (Lipinski definition) is 4. The van der Waals surface area contributed by atoms with Crippen LogP contribution in [0.3, 0.4) is 0 Å². The molecule has 0 aromatic rings. The molecule has 2 heterocycles. The zero-order valence-electron chi connectivity index (χ0n) is 13.5. The van der Waals surface area contributed by atoms with E-state index in [0.717, 1.165) is 32.7 Å². The Hall–Kier alpha value is -1.14. The van der Waals surface area contributed by atoms with Crippen LogP contribution >= 0.6 is 0 Å². The SMILES string of the molecule is CCN1CCN(C(C)(C)CN2CC(C(N)=O)CC2=O)CC1. The molecule has 6 nitrogen and oxygen atoms in total. The van der Waals surface area contributed by atoms with Crippen LogP contribution in [0.15, 0.2) is 0 Å². The van der Waals surface area contributed by atoms with Crippen molar-refractivity contribution >= 4 is 11.8 Å². The molecule has 21 heavy (non-hydrogen) atoms. The third-order valence-corrected chi connectivity index (χ3v) is 4.87. The van der Waals surface area contributed by atoms with Crippen LogP contribution < -0.4 is 5.73 Å². The fraction of sp³-hybridized carbons (Fsp3) is 0.867. The van der Waals surface area contributed by atoms with E-state index >= 15 is 0 Å². The summed E-state index contributed by atoms with van der Waals surface area (Å²) >= 11 is 0. The van der Waals surface area contributed by atoms with Gasteiger partial charge in [0.1, 0.15) is 0 Å². The van der Waals surface area contributed by atoms with Gasteiger partial charge in [-0.1, -0.05) is 6.92 Å². The van der Waals surface area contributed by atoms with Crippen molar-refractivity contribution in [3.05, 3.63) is 0 Å². The van der Waals surface area contributed by atoms with Gasteiger partial charge in [0.05, 0.1) is 5.92 Å². The summed E-state index contributed by atoms with van der Waals surface area (Å²) < 4.78 is 0. The topological polar surface area (TPSA) is 69.9 Å². The van der Waals surface area contributed by atoms with Gasteiger partial charge in [-0.05, 0) is 20.4 Å². The highest BCUT2D eigenvalue weighted by Gasteiger charge is 2.38. The molecule has 2 fully saturated rings. The minimum absolute atomic E-state index is 0.0547. The molecular weight excluding hydrogens is 268 g/mol. The van der Waals surface area contributed by atoms with Gasteiger partial charge in [0.2, 0.25) is 11.8 Å². The Balaban J connectivity index is 1.92. The van der Waals surface area contributed by atoms with Crippen molar-refractivity contribution in [2.45, 2.75) is 32.7 Å². The summed E-state index contributed by atoms with van der Waals surface area (Å²) in [6.07, 6.45) is 0.273. The van der Waals surface area contributed by atoms with Crippen molar-refractivity contribution in [2.24, 2.45) is 11.7 Å². The van der Waals surface area contributed by atoms with Gasteiger partial charge in [0.25, 0.3) is 0 Å². The molecule has 0 aliphatic carbocycles. The van der Waals surface area contributed by atoms with Crippen LogP contribution in [0.5, 0.6) is 0 Å². The molecule has 2 saturated heterocycles. The predicted molar refractivity (Wildman–Crippen MR) is 81.6 cm³/mol. The molecule has 2 N–H and O–H groups in total. The van der Waals surface area contributed by atoms with E-state index in [4.69, 9.17) is 5.73 Å². The highest BCUT2D eigenvalue weighted by Crippen LogP contribution is 2.24. The van der Waals surface area contributed by atoms with Crippen molar-refractivity contribution in [3.8, 4) is 0 Å². The van der Waals surface area contributed by atoms with Gasteiger partial charge in [-0.15, -0.1) is 0 Å². The second-order valence-electron chi connectivity index (χ2n) is 6.81. The van der Waals surface area contributed by atoms with E-state index in [1.165, 1.54) is 0 Å². The lowest BCUT2D eigenvalue weighted by atomic mass is 10.0. The molecule has 0 aromatic heterocycles. The molecule has 0 saturated carbocycles. The van der Waals surface area contributed by atoms with Crippen LogP contribution in [0.2, 0.25) is 0 Å². The molecule has 0 radical (unpaired) electrons. The van der Waals surface area contributed by atoms with Gasteiger partial charge < -0.3 is 15.5 Å². The Labute approximate surface area is 127 Å². The van der Waals surface area contributed by atoms with Crippen molar-refractivity contribution in [1.82, 2.24) is 14.7 Å². The van der Waals surface area contributed by atoms with E-state index < -0.39 is 0 Å². The van der Waals surface area contributed by atoms with Crippen molar-refractivity contribution in [2.75, 3.05) is 45.8 Å². The van der Waals surface area contributed by atoms with Gasteiger partial charge in [0.15, 0.2) is 0 Å². The Bertz CT molecular complexity index is 402. The number of likely N-dealkylation sites (N-methyl/N-ethyl adjacent to an activating group) is 1. The zero-order valence-corrected chi connectivity index (χ0v) is 13.5. The first-order valence-electron chi connectivity index (χ1n) is 7.88. The summed E-state index contributed by atoms with van der Waals surface area (Å²) in [7, 11) is 0. The summed E-state index contributed by atoms with van der Waals surface area (Å²) in [4.78, 5) is 30.0. The number of amides is 2. The van der Waals surface area contributed by atoms with E-state index in [2.05, 4.69) is 30.6 Å². The third-order valence-electron chi connectivity index (χ3n) is 4.87. The van der Waals surface area contributed by atoms with Crippen molar-refractivity contribution in [3.63, 3.8) is 0 Å². The standard InChI is InChI=1S/C15H28N4O2/c1-4-17-5-7-19(8-6-17)15(2,3)11-18-10-12(14(16)21)9-13(18)20/h12H,4-11H2,1-3H3,(H2,16,21). The highest BCUT2D eigenvalue weighted by atomic mass is 16.2. The van der Waals surface area contributed by atoms with E-state index in [0.29, 0.717) is 13.1 Å². The molecule has 2 aliphatic rings. The molecule has 120 valence electrons. The third kappa shape index (κ3) is 3.74. The van der Waals surface area contributed by atoms with Crippen LogP contribution in [-0.4, -0.2) is 77.9 Å². The number of primary amides is 1. The largest absolute Gasteiger partial charge is 0.369 e. The van der Waals surface area contributed by atoms with Crippen LogP contribution in [0.1, 0.15) is 27.2 Å². The number of carbonyl (C=O) groups is 2. The number of likely N-dealkylation sites (tertiary alicyclic amines) is 1. The lowest BCUT2D eigenvalue weighted by Crippen LogP contribution is -2.58. The van der Waals surface area contributed by atoms with E-state index in [9.17, 15) is 9.59 Å². The number of piperazine rings is 1. The maximum Gasteiger partial charge on any atom is 0.223 e. The minimum atomic E-state index is -0.361. The zero-order chi connectivity index (χ0) is 15.6. The molecule has 1 atom stereocenters. The van der Waals surface area contributed by atoms with Gasteiger partial charge in [-0.25, -0.2) is 0 Å². The molecule has 0 spiro atoms. The Kier molecular flexibility index (Phi) is 4.88. The summed E-state index contributed by atoms with van der Waals surface area (Å²) in [6.45, 7) is 13.0. The number of carbonyl (C=O) groups excluding carboxylic acids is 2. The lowest BCUT2D eigenvalue weighted by molar-refractivity contribution is -0.130. The minimum Gasteiger partial charge on any atom is -0.369 e. The second-order valence-corrected chi connectivity index (χ2v) is 6.81. The van der Waals surface area contributed by atoms with Crippen LogP contribution in [0.25, 0.3) is 0 Å². The molecular formula is C15H28N4O2. The van der Waals surface area contributed by atoms with Gasteiger partial charge in [0, 0.05) is 51.2 Å². The quantitative estimate of drug-likeness (QED) is 0.759. The summed E-state index contributed by atoms with van der Waals surface area (Å²) in [6, 6.07) is 0. The van der Waals surface area contributed by atoms with E-state index in [1.54, 1.807) is 0 Å². The fourth-order valence-corrected chi connectivity index (χ4v) is 3.35. The number of nitrogens with zero attached hydrogens (tertiary/aromatic N) is 3. The molecule has 6 heteroatoms. The molecule has 0 bridgehead atoms. The maximum absolute atomic E-state index is 12.0. The maximum atomic E-state index is 12.0. The van der Waals surface area contributed by atoms with Crippen LogP contribution in [0.4, 0.5) is 0 Å². The molecule has 0 aromatic carbocycles. The highest BCUT2D eigenvalue weighted by molar-refractivity contribution is 5.88. The van der Waals surface area contributed by atoms with E-state index in [-0.39, 0.29) is 29.7 Å². The normalized spacial score (nSPS) is 25.6. The monoisotopic (exact) mass is 296 g/mol. The Morgan fingerprint density at radius 2 is 1.90 bits per heavy atom. The number of nitrogens with two attached hydrogens (primary N) is 1. The number of hydrogen-bond donors (Lipinski definition) is 1. The lowest BCUT2D eigenvalue weighted by Gasteiger charge is -2.45. The van der Waals surface area contributed by atoms with Gasteiger partial charge in [-0.2, -0.15) is 0 Å². The Morgan fingerprint density at radius 3 is 2.38 bits per heavy atom. The first kappa shape index (κ1) is 16.2. The average Bonchev–Trinajstić information content (AvgIpc) is 2.80. The smallest absolute Gasteiger partial charge is 0.223 e. The fourth-order valence-electron chi connectivity index (χ4n) is 3.35. The first-order valence-corrected chi connectivity index (χ1v) is 7.88.